The van der Waals surface area contributed by atoms with E-state index in [2.05, 4.69) is 17.0 Å². The van der Waals surface area contributed by atoms with Gasteiger partial charge >= 0.3 is 6.36 Å². The van der Waals surface area contributed by atoms with Crippen LogP contribution < -0.4 is 10.1 Å². The Labute approximate surface area is 109 Å². The maximum Gasteiger partial charge on any atom is 0.573 e. The molecule has 102 valence electrons. The van der Waals surface area contributed by atoms with Gasteiger partial charge in [-0.2, -0.15) is 11.8 Å². The highest BCUT2D eigenvalue weighted by molar-refractivity contribution is 7.99. The zero-order valence-electron chi connectivity index (χ0n) is 10.1. The zero-order valence-corrected chi connectivity index (χ0v) is 10.9. The largest absolute Gasteiger partial charge is 0.573 e. The summed E-state index contributed by atoms with van der Waals surface area (Å²) in [6.45, 7) is 2.83. The first-order valence-corrected chi connectivity index (χ1v) is 6.84. The van der Waals surface area contributed by atoms with Gasteiger partial charge in [-0.1, -0.05) is 13.0 Å². The van der Waals surface area contributed by atoms with E-state index in [1.54, 1.807) is 6.07 Å². The van der Waals surface area contributed by atoms with Gasteiger partial charge in [-0.15, -0.1) is 13.2 Å². The van der Waals surface area contributed by atoms with Crippen LogP contribution in [0.15, 0.2) is 24.3 Å². The van der Waals surface area contributed by atoms with E-state index >= 15 is 0 Å². The highest BCUT2D eigenvalue weighted by atomic mass is 32.2. The van der Waals surface area contributed by atoms with Crippen LogP contribution in [0, 0.1) is 0 Å². The molecule has 0 aliphatic carbocycles. The summed E-state index contributed by atoms with van der Waals surface area (Å²) in [5.74, 6) is 1.92. The lowest BCUT2D eigenvalue weighted by atomic mass is 10.3. The molecule has 0 saturated carbocycles. The molecule has 6 heteroatoms. The Morgan fingerprint density at radius 2 is 2.11 bits per heavy atom. The Morgan fingerprint density at radius 1 is 1.33 bits per heavy atom. The van der Waals surface area contributed by atoms with E-state index in [1.165, 1.54) is 18.2 Å². The van der Waals surface area contributed by atoms with Crippen molar-refractivity contribution in [1.29, 1.82) is 0 Å². The van der Waals surface area contributed by atoms with Gasteiger partial charge in [0, 0.05) is 18.3 Å². The summed E-state index contributed by atoms with van der Waals surface area (Å²) in [6.07, 6.45) is -3.67. The number of alkyl halides is 3. The molecule has 0 aliphatic rings. The second-order valence-corrected chi connectivity index (χ2v) is 4.95. The Kier molecular flexibility index (Phi) is 6.18. The number of thioether (sulfide) groups is 1. The fraction of sp³-hybridized carbons (Fsp3) is 0.500. The molecule has 1 aromatic carbocycles. The van der Waals surface area contributed by atoms with Crippen LogP contribution in [0.3, 0.4) is 0 Å². The van der Waals surface area contributed by atoms with Gasteiger partial charge in [-0.05, 0) is 30.1 Å². The SMILES string of the molecule is CCSCCCNc1cccc(OC(F)(F)F)c1. The second kappa shape index (κ2) is 7.41. The molecule has 0 radical (unpaired) electrons. The fourth-order valence-corrected chi connectivity index (χ4v) is 1.99. The lowest BCUT2D eigenvalue weighted by Crippen LogP contribution is -2.17. The molecule has 0 bridgehead atoms. The van der Waals surface area contributed by atoms with Gasteiger partial charge < -0.3 is 10.1 Å². The number of anilines is 1. The standard InChI is InChI=1S/C12H16F3NOS/c1-2-18-8-4-7-16-10-5-3-6-11(9-10)17-12(13,14)15/h3,5-6,9,16H,2,4,7-8H2,1H3. The lowest BCUT2D eigenvalue weighted by Gasteiger charge is -2.11. The average Bonchev–Trinajstić information content (AvgIpc) is 2.27. The van der Waals surface area contributed by atoms with E-state index in [0.717, 1.165) is 24.5 Å². The van der Waals surface area contributed by atoms with E-state index in [0.29, 0.717) is 5.69 Å². The molecule has 1 N–H and O–H groups in total. The number of rotatable bonds is 7. The Hall–Kier alpha value is -1.04. The van der Waals surface area contributed by atoms with Crippen molar-refractivity contribution in [2.24, 2.45) is 0 Å². The fourth-order valence-electron chi connectivity index (χ4n) is 1.35. The summed E-state index contributed by atoms with van der Waals surface area (Å²) in [5, 5.41) is 3.07. The number of hydrogen-bond donors (Lipinski definition) is 1. The van der Waals surface area contributed by atoms with Crippen LogP contribution in [0.1, 0.15) is 13.3 Å². The number of halogens is 3. The average molecular weight is 279 g/mol. The first kappa shape index (κ1) is 15.0. The minimum absolute atomic E-state index is 0.199. The topological polar surface area (TPSA) is 21.3 Å². The molecule has 1 aromatic rings. The van der Waals surface area contributed by atoms with Gasteiger partial charge in [0.25, 0.3) is 0 Å². The lowest BCUT2D eigenvalue weighted by molar-refractivity contribution is -0.274. The van der Waals surface area contributed by atoms with Crippen LogP contribution >= 0.6 is 11.8 Å². The molecule has 18 heavy (non-hydrogen) atoms. The van der Waals surface area contributed by atoms with Crippen molar-refractivity contribution in [3.05, 3.63) is 24.3 Å². The van der Waals surface area contributed by atoms with E-state index in [4.69, 9.17) is 0 Å². The third-order valence-corrected chi connectivity index (χ3v) is 3.05. The van der Waals surface area contributed by atoms with E-state index in [-0.39, 0.29) is 5.75 Å². The molecule has 0 aromatic heterocycles. The van der Waals surface area contributed by atoms with Crippen LogP contribution in [0.25, 0.3) is 0 Å². The molecule has 0 atom stereocenters. The van der Waals surface area contributed by atoms with E-state index in [9.17, 15) is 13.2 Å². The second-order valence-electron chi connectivity index (χ2n) is 3.55. The van der Waals surface area contributed by atoms with Crippen molar-refractivity contribution in [2.75, 3.05) is 23.4 Å². The normalized spacial score (nSPS) is 11.3. The van der Waals surface area contributed by atoms with Crippen LogP contribution in [0.5, 0.6) is 5.75 Å². The van der Waals surface area contributed by atoms with Crippen LogP contribution in [-0.2, 0) is 0 Å². The number of benzene rings is 1. The monoisotopic (exact) mass is 279 g/mol. The predicted octanol–water partition coefficient (Wildman–Crippen LogP) is 4.14. The first-order chi connectivity index (χ1) is 8.51. The van der Waals surface area contributed by atoms with Crippen molar-refractivity contribution in [1.82, 2.24) is 0 Å². The van der Waals surface area contributed by atoms with Crippen molar-refractivity contribution >= 4 is 17.4 Å². The first-order valence-electron chi connectivity index (χ1n) is 5.68. The molecular formula is C12H16F3NOS. The molecule has 0 heterocycles. The molecule has 0 amide bonds. The molecule has 0 saturated heterocycles. The maximum atomic E-state index is 12.0. The number of hydrogen-bond acceptors (Lipinski definition) is 3. The number of ether oxygens (including phenoxy) is 1. The molecule has 0 aliphatic heterocycles. The van der Waals surface area contributed by atoms with Gasteiger partial charge in [-0.25, -0.2) is 0 Å². The summed E-state index contributed by atoms with van der Waals surface area (Å²) in [5.41, 5.74) is 0.637. The van der Waals surface area contributed by atoms with Gasteiger partial charge in [-0.3, -0.25) is 0 Å². The van der Waals surface area contributed by atoms with Crippen molar-refractivity contribution in [3.8, 4) is 5.75 Å². The highest BCUT2D eigenvalue weighted by Gasteiger charge is 2.31. The van der Waals surface area contributed by atoms with Crippen LogP contribution in [0.4, 0.5) is 18.9 Å². The third-order valence-electron chi connectivity index (χ3n) is 2.07. The van der Waals surface area contributed by atoms with Crippen LogP contribution in [-0.4, -0.2) is 24.4 Å². The smallest absolute Gasteiger partial charge is 0.406 e. The molecular weight excluding hydrogens is 263 g/mol. The van der Waals surface area contributed by atoms with E-state index in [1.807, 2.05) is 11.8 Å². The third kappa shape index (κ3) is 6.64. The minimum Gasteiger partial charge on any atom is -0.406 e. The predicted molar refractivity (Wildman–Crippen MR) is 69.2 cm³/mol. The molecule has 0 spiro atoms. The molecule has 0 fully saturated rings. The van der Waals surface area contributed by atoms with Gasteiger partial charge in [0.2, 0.25) is 0 Å². The summed E-state index contributed by atoms with van der Waals surface area (Å²) >= 11 is 1.84. The van der Waals surface area contributed by atoms with Crippen molar-refractivity contribution < 1.29 is 17.9 Å². The highest BCUT2D eigenvalue weighted by Crippen LogP contribution is 2.24. The summed E-state index contributed by atoms with van der Waals surface area (Å²) < 4.78 is 39.9. The summed E-state index contributed by atoms with van der Waals surface area (Å²) in [6, 6.07) is 5.88. The van der Waals surface area contributed by atoms with Gasteiger partial charge in [0.05, 0.1) is 0 Å². The van der Waals surface area contributed by atoms with Crippen molar-refractivity contribution in [3.63, 3.8) is 0 Å². The molecule has 2 nitrogen and oxygen atoms in total. The van der Waals surface area contributed by atoms with Gasteiger partial charge in [0.1, 0.15) is 5.75 Å². The van der Waals surface area contributed by atoms with Gasteiger partial charge in [0.15, 0.2) is 0 Å². The zero-order chi connectivity index (χ0) is 13.4. The molecule has 0 unspecified atom stereocenters. The number of nitrogens with one attached hydrogen (secondary N) is 1. The van der Waals surface area contributed by atoms with Crippen LogP contribution in [0.2, 0.25) is 0 Å². The Morgan fingerprint density at radius 3 is 2.78 bits per heavy atom. The summed E-state index contributed by atoms with van der Waals surface area (Å²) in [4.78, 5) is 0. The molecule has 1 rings (SSSR count). The maximum absolute atomic E-state index is 12.0. The van der Waals surface area contributed by atoms with E-state index < -0.39 is 6.36 Å². The summed E-state index contributed by atoms with van der Waals surface area (Å²) in [7, 11) is 0. The minimum atomic E-state index is -4.64. The Balaban J connectivity index is 2.40. The quantitative estimate of drug-likeness (QED) is 0.758. The van der Waals surface area contributed by atoms with Crippen molar-refractivity contribution in [2.45, 2.75) is 19.7 Å². The Bertz CT molecular complexity index is 357.